The van der Waals surface area contributed by atoms with E-state index in [1.54, 1.807) is 0 Å². The second kappa shape index (κ2) is 4.27. The fourth-order valence-corrected chi connectivity index (χ4v) is 3.73. The fourth-order valence-electron chi connectivity index (χ4n) is 3.73. The third kappa shape index (κ3) is 2.03. The van der Waals surface area contributed by atoms with Crippen LogP contribution in [0, 0.1) is 12.8 Å². The number of rotatable bonds is 0. The molecule has 0 bridgehead atoms. The summed E-state index contributed by atoms with van der Waals surface area (Å²) in [5, 5.41) is 0. The van der Waals surface area contributed by atoms with Crippen molar-refractivity contribution in [2.24, 2.45) is 11.7 Å². The van der Waals surface area contributed by atoms with E-state index in [1.165, 1.54) is 30.4 Å². The molecule has 1 saturated carbocycles. The quantitative estimate of drug-likeness (QED) is 0.756. The number of ether oxygens (including phenoxy) is 1. The molecule has 1 aliphatic heterocycles. The molecule has 1 aromatic rings. The van der Waals surface area contributed by atoms with Gasteiger partial charge in [0.2, 0.25) is 0 Å². The summed E-state index contributed by atoms with van der Waals surface area (Å²) in [4.78, 5) is 0. The second-order valence-electron chi connectivity index (χ2n) is 6.34. The maximum Gasteiger partial charge on any atom is 0.124 e. The smallest absolute Gasteiger partial charge is 0.124 e. The van der Waals surface area contributed by atoms with Crippen molar-refractivity contribution in [1.29, 1.82) is 0 Å². The minimum Gasteiger partial charge on any atom is -0.487 e. The molecule has 0 radical (unpaired) electrons. The van der Waals surface area contributed by atoms with E-state index in [-0.39, 0.29) is 11.6 Å². The maximum absolute atomic E-state index is 6.39. The molecule has 18 heavy (non-hydrogen) atoms. The van der Waals surface area contributed by atoms with Gasteiger partial charge in [0, 0.05) is 18.0 Å². The highest BCUT2D eigenvalue weighted by atomic mass is 16.5. The van der Waals surface area contributed by atoms with Crippen molar-refractivity contribution < 1.29 is 4.74 Å². The van der Waals surface area contributed by atoms with Gasteiger partial charge in [-0.3, -0.25) is 0 Å². The second-order valence-corrected chi connectivity index (χ2v) is 6.34. The van der Waals surface area contributed by atoms with Gasteiger partial charge in [-0.15, -0.1) is 0 Å². The highest BCUT2D eigenvalue weighted by Crippen LogP contribution is 2.46. The van der Waals surface area contributed by atoms with Gasteiger partial charge in [-0.1, -0.05) is 31.0 Å². The molecule has 0 saturated heterocycles. The molecule has 3 atom stereocenters. The molecule has 0 aromatic heterocycles. The Hall–Kier alpha value is -1.02. The van der Waals surface area contributed by atoms with Crippen molar-refractivity contribution in [2.75, 3.05) is 0 Å². The van der Waals surface area contributed by atoms with Gasteiger partial charge in [0.05, 0.1) is 0 Å². The summed E-state index contributed by atoms with van der Waals surface area (Å²) in [5.41, 5.74) is 8.86. The van der Waals surface area contributed by atoms with Gasteiger partial charge in [-0.05, 0) is 38.2 Å². The van der Waals surface area contributed by atoms with Crippen LogP contribution in [0.2, 0.25) is 0 Å². The molecule has 2 heteroatoms. The molecule has 1 aliphatic carbocycles. The fraction of sp³-hybridized carbons (Fsp3) is 0.625. The molecule has 1 aromatic carbocycles. The summed E-state index contributed by atoms with van der Waals surface area (Å²) >= 11 is 0. The minimum absolute atomic E-state index is 0.0132. The molecule has 1 spiro atoms. The van der Waals surface area contributed by atoms with Crippen LogP contribution in [0.5, 0.6) is 5.75 Å². The largest absolute Gasteiger partial charge is 0.487 e. The van der Waals surface area contributed by atoms with E-state index in [2.05, 4.69) is 32.0 Å². The third-order valence-corrected chi connectivity index (χ3v) is 4.53. The minimum atomic E-state index is 0.0132. The van der Waals surface area contributed by atoms with Crippen molar-refractivity contribution >= 4 is 0 Å². The maximum atomic E-state index is 6.39. The first-order valence-corrected chi connectivity index (χ1v) is 7.13. The molecule has 2 nitrogen and oxygen atoms in total. The standard InChI is InChI=1S/C16H23NO/c1-11-5-6-15-13(8-11)14(17)10-16(18-15)7-3-4-12(2)9-16/h5-6,8,12,14H,3-4,7,9-10,17H2,1-2H3. The van der Waals surface area contributed by atoms with Crippen LogP contribution in [-0.2, 0) is 0 Å². The Morgan fingerprint density at radius 2 is 2.17 bits per heavy atom. The first kappa shape index (κ1) is 12.0. The number of fused-ring (bicyclic) bond motifs is 1. The summed E-state index contributed by atoms with van der Waals surface area (Å²) < 4.78 is 6.38. The molecule has 2 aliphatic rings. The Kier molecular flexibility index (Phi) is 2.86. The molecule has 98 valence electrons. The lowest BCUT2D eigenvalue weighted by Gasteiger charge is -2.45. The topological polar surface area (TPSA) is 35.2 Å². The first-order valence-electron chi connectivity index (χ1n) is 7.13. The Morgan fingerprint density at radius 3 is 2.94 bits per heavy atom. The number of hydrogen-bond acceptors (Lipinski definition) is 2. The molecule has 0 amide bonds. The van der Waals surface area contributed by atoms with Gasteiger partial charge in [0.15, 0.2) is 0 Å². The van der Waals surface area contributed by atoms with Crippen molar-refractivity contribution in [2.45, 2.75) is 57.6 Å². The Balaban J connectivity index is 1.93. The molecular formula is C16H23NO. The van der Waals surface area contributed by atoms with Crippen LogP contribution in [0.1, 0.15) is 56.2 Å². The molecule has 1 fully saturated rings. The Labute approximate surface area is 110 Å². The summed E-state index contributed by atoms with van der Waals surface area (Å²) in [7, 11) is 0. The average molecular weight is 245 g/mol. The zero-order valence-electron chi connectivity index (χ0n) is 11.4. The van der Waals surface area contributed by atoms with E-state index in [0.29, 0.717) is 0 Å². The predicted octanol–water partition coefficient (Wildman–Crippen LogP) is 3.73. The highest BCUT2D eigenvalue weighted by Gasteiger charge is 2.42. The third-order valence-electron chi connectivity index (χ3n) is 4.53. The summed E-state index contributed by atoms with van der Waals surface area (Å²) in [6.45, 7) is 4.44. The van der Waals surface area contributed by atoms with Gasteiger partial charge in [0.1, 0.15) is 11.4 Å². The molecular weight excluding hydrogens is 222 g/mol. The molecule has 1 heterocycles. The average Bonchev–Trinajstić information content (AvgIpc) is 2.30. The van der Waals surface area contributed by atoms with Gasteiger partial charge >= 0.3 is 0 Å². The molecule has 2 N–H and O–H groups in total. The summed E-state index contributed by atoms with van der Waals surface area (Å²) in [6.07, 6.45) is 5.91. The van der Waals surface area contributed by atoms with Gasteiger partial charge in [-0.2, -0.15) is 0 Å². The Morgan fingerprint density at radius 1 is 1.33 bits per heavy atom. The highest BCUT2D eigenvalue weighted by molar-refractivity contribution is 5.41. The zero-order chi connectivity index (χ0) is 12.8. The van der Waals surface area contributed by atoms with Crippen LogP contribution in [0.25, 0.3) is 0 Å². The van der Waals surface area contributed by atoms with Crippen LogP contribution in [0.4, 0.5) is 0 Å². The SMILES string of the molecule is Cc1ccc2c(c1)C(N)CC1(CCCC(C)C1)O2. The van der Waals surface area contributed by atoms with Crippen LogP contribution < -0.4 is 10.5 Å². The van der Waals surface area contributed by atoms with E-state index in [4.69, 9.17) is 10.5 Å². The number of hydrogen-bond donors (Lipinski definition) is 1. The molecule has 3 rings (SSSR count). The van der Waals surface area contributed by atoms with E-state index >= 15 is 0 Å². The number of nitrogens with two attached hydrogens (primary N) is 1. The van der Waals surface area contributed by atoms with Crippen molar-refractivity contribution in [3.05, 3.63) is 29.3 Å². The van der Waals surface area contributed by atoms with E-state index in [9.17, 15) is 0 Å². The molecule has 3 unspecified atom stereocenters. The van der Waals surface area contributed by atoms with Crippen molar-refractivity contribution in [3.8, 4) is 5.75 Å². The van der Waals surface area contributed by atoms with Gasteiger partial charge in [0.25, 0.3) is 0 Å². The predicted molar refractivity (Wildman–Crippen MR) is 73.7 cm³/mol. The lowest BCUT2D eigenvalue weighted by atomic mass is 9.73. The zero-order valence-corrected chi connectivity index (χ0v) is 11.4. The van der Waals surface area contributed by atoms with Gasteiger partial charge in [-0.25, -0.2) is 0 Å². The lowest BCUT2D eigenvalue weighted by molar-refractivity contribution is -0.0139. The first-order chi connectivity index (χ1) is 8.58. The van der Waals surface area contributed by atoms with Crippen LogP contribution in [-0.4, -0.2) is 5.60 Å². The normalized spacial score (nSPS) is 35.1. The van der Waals surface area contributed by atoms with E-state index in [0.717, 1.165) is 24.5 Å². The van der Waals surface area contributed by atoms with Crippen molar-refractivity contribution in [1.82, 2.24) is 0 Å². The Bertz CT molecular complexity index is 456. The number of benzene rings is 1. The summed E-state index contributed by atoms with van der Waals surface area (Å²) in [5.74, 6) is 1.78. The number of aryl methyl sites for hydroxylation is 1. The van der Waals surface area contributed by atoms with Crippen LogP contribution in [0.15, 0.2) is 18.2 Å². The van der Waals surface area contributed by atoms with Crippen LogP contribution in [0.3, 0.4) is 0 Å². The monoisotopic (exact) mass is 245 g/mol. The lowest BCUT2D eigenvalue weighted by Crippen LogP contribution is -2.46. The van der Waals surface area contributed by atoms with E-state index in [1.807, 2.05) is 0 Å². The van der Waals surface area contributed by atoms with Gasteiger partial charge < -0.3 is 10.5 Å². The van der Waals surface area contributed by atoms with Crippen molar-refractivity contribution in [3.63, 3.8) is 0 Å². The van der Waals surface area contributed by atoms with Crippen LogP contribution >= 0.6 is 0 Å². The summed E-state index contributed by atoms with van der Waals surface area (Å²) in [6, 6.07) is 6.54. The van der Waals surface area contributed by atoms with E-state index < -0.39 is 0 Å².